The highest BCUT2D eigenvalue weighted by atomic mass is 32.2. The molecule has 2 aromatic carbocycles. The van der Waals surface area contributed by atoms with Crippen molar-refractivity contribution >= 4 is 21.6 Å². The molecule has 0 aliphatic rings. The molecule has 0 atom stereocenters. The first-order chi connectivity index (χ1) is 13.1. The maximum Gasteiger partial charge on any atom is 0.264 e. The number of anilines is 1. The predicted molar refractivity (Wildman–Crippen MR) is 111 cm³/mol. The molecule has 7 heteroatoms. The summed E-state index contributed by atoms with van der Waals surface area (Å²) >= 11 is 0. The number of carbonyl (C=O) groups excluding carboxylic acids is 1. The van der Waals surface area contributed by atoms with Crippen molar-refractivity contribution in [2.24, 2.45) is 0 Å². The zero-order valence-corrected chi connectivity index (χ0v) is 17.8. The molecule has 1 N–H and O–H groups in total. The first-order valence-electron chi connectivity index (χ1n) is 9.13. The van der Waals surface area contributed by atoms with Gasteiger partial charge in [-0.25, -0.2) is 8.42 Å². The second-order valence-electron chi connectivity index (χ2n) is 7.31. The summed E-state index contributed by atoms with van der Waals surface area (Å²) in [5, 5.41) is 2.89. The molecule has 0 aliphatic heterocycles. The van der Waals surface area contributed by atoms with E-state index < -0.39 is 15.6 Å². The van der Waals surface area contributed by atoms with Gasteiger partial charge in [0.1, 0.15) is 12.3 Å². The third-order valence-corrected chi connectivity index (χ3v) is 6.41. The standard InChI is InChI=1S/C21H28N2O4S/c1-6-21(3,4)22-20(24)15-23(17-9-7-16(2)8-10-17)28(25,26)19-13-11-18(27-5)12-14-19/h7-14H,6,15H2,1-5H3,(H,22,24). The van der Waals surface area contributed by atoms with Crippen molar-refractivity contribution in [2.75, 3.05) is 18.0 Å². The van der Waals surface area contributed by atoms with Gasteiger partial charge in [0, 0.05) is 5.54 Å². The zero-order valence-electron chi connectivity index (χ0n) is 17.0. The summed E-state index contributed by atoms with van der Waals surface area (Å²) in [4.78, 5) is 12.7. The van der Waals surface area contributed by atoms with Gasteiger partial charge in [0.2, 0.25) is 5.91 Å². The monoisotopic (exact) mass is 404 g/mol. The minimum absolute atomic E-state index is 0.0939. The number of nitrogens with one attached hydrogen (secondary N) is 1. The van der Waals surface area contributed by atoms with Gasteiger partial charge >= 0.3 is 0 Å². The lowest BCUT2D eigenvalue weighted by molar-refractivity contribution is -0.121. The Labute approximate surface area is 167 Å². The van der Waals surface area contributed by atoms with Crippen molar-refractivity contribution in [3.63, 3.8) is 0 Å². The van der Waals surface area contributed by atoms with Crippen LogP contribution in [0, 0.1) is 6.92 Å². The number of nitrogens with zero attached hydrogens (tertiary/aromatic N) is 1. The number of rotatable bonds is 8. The number of sulfonamides is 1. The summed E-state index contributed by atoms with van der Waals surface area (Å²) in [7, 11) is -2.42. The number of carbonyl (C=O) groups is 1. The van der Waals surface area contributed by atoms with Crippen LogP contribution in [0.4, 0.5) is 5.69 Å². The lowest BCUT2D eigenvalue weighted by atomic mass is 10.0. The van der Waals surface area contributed by atoms with Gasteiger partial charge < -0.3 is 10.1 Å². The number of hydrogen-bond acceptors (Lipinski definition) is 4. The molecule has 6 nitrogen and oxygen atoms in total. The van der Waals surface area contributed by atoms with Gasteiger partial charge in [-0.3, -0.25) is 9.10 Å². The van der Waals surface area contributed by atoms with Crippen molar-refractivity contribution in [3.05, 3.63) is 54.1 Å². The average Bonchev–Trinajstić information content (AvgIpc) is 2.66. The Hall–Kier alpha value is -2.54. The maximum atomic E-state index is 13.3. The molecule has 28 heavy (non-hydrogen) atoms. The molecule has 1 amide bonds. The highest BCUT2D eigenvalue weighted by Crippen LogP contribution is 2.25. The fourth-order valence-electron chi connectivity index (χ4n) is 2.54. The van der Waals surface area contributed by atoms with Gasteiger partial charge in [-0.2, -0.15) is 0 Å². The molecule has 2 rings (SSSR count). The van der Waals surface area contributed by atoms with Crippen LogP contribution in [0.3, 0.4) is 0 Å². The van der Waals surface area contributed by atoms with Crippen LogP contribution >= 0.6 is 0 Å². The van der Waals surface area contributed by atoms with Gasteiger partial charge in [-0.15, -0.1) is 0 Å². The fraction of sp³-hybridized carbons (Fsp3) is 0.381. The number of ether oxygens (including phenoxy) is 1. The number of aryl methyl sites for hydroxylation is 1. The lowest BCUT2D eigenvalue weighted by Gasteiger charge is -2.28. The molecule has 0 radical (unpaired) electrons. The van der Waals surface area contributed by atoms with Crippen LogP contribution in [0.25, 0.3) is 0 Å². The topological polar surface area (TPSA) is 75.7 Å². The smallest absolute Gasteiger partial charge is 0.264 e. The van der Waals surface area contributed by atoms with Gasteiger partial charge in [0.25, 0.3) is 10.0 Å². The molecule has 0 spiro atoms. The Balaban J connectivity index is 2.42. The van der Waals surface area contributed by atoms with Crippen LogP contribution in [0.2, 0.25) is 0 Å². The van der Waals surface area contributed by atoms with Gasteiger partial charge in [-0.05, 0) is 63.6 Å². The molecular formula is C21H28N2O4S. The molecule has 0 fully saturated rings. The Morgan fingerprint density at radius 3 is 2.14 bits per heavy atom. The fourth-order valence-corrected chi connectivity index (χ4v) is 3.96. The largest absolute Gasteiger partial charge is 0.497 e. The second-order valence-corrected chi connectivity index (χ2v) is 9.17. The van der Waals surface area contributed by atoms with E-state index >= 15 is 0 Å². The molecule has 0 saturated carbocycles. The molecule has 0 unspecified atom stereocenters. The van der Waals surface area contributed by atoms with E-state index in [9.17, 15) is 13.2 Å². The molecule has 0 aromatic heterocycles. The summed E-state index contributed by atoms with van der Waals surface area (Å²) in [5.74, 6) is 0.202. The summed E-state index contributed by atoms with van der Waals surface area (Å²) in [6.45, 7) is 7.38. The van der Waals surface area contributed by atoms with Crippen molar-refractivity contribution in [1.29, 1.82) is 0 Å². The van der Waals surface area contributed by atoms with Crippen molar-refractivity contribution in [2.45, 2.75) is 44.6 Å². The highest BCUT2D eigenvalue weighted by Gasteiger charge is 2.29. The van der Waals surface area contributed by atoms with Crippen LogP contribution < -0.4 is 14.4 Å². The van der Waals surface area contributed by atoms with Crippen molar-refractivity contribution in [1.82, 2.24) is 5.32 Å². The molecular weight excluding hydrogens is 376 g/mol. The molecule has 0 heterocycles. The molecule has 2 aromatic rings. The number of hydrogen-bond donors (Lipinski definition) is 1. The predicted octanol–water partition coefficient (Wildman–Crippen LogP) is 3.50. The number of amides is 1. The van der Waals surface area contributed by atoms with E-state index in [1.165, 1.54) is 19.2 Å². The summed E-state index contributed by atoms with van der Waals surface area (Å²) < 4.78 is 32.8. The van der Waals surface area contributed by atoms with E-state index in [2.05, 4.69) is 5.32 Å². The number of benzene rings is 2. The summed E-state index contributed by atoms with van der Waals surface area (Å²) in [6.07, 6.45) is 0.731. The average molecular weight is 405 g/mol. The van der Waals surface area contributed by atoms with Crippen LogP contribution in [0.1, 0.15) is 32.8 Å². The van der Waals surface area contributed by atoms with Crippen LogP contribution in [-0.2, 0) is 14.8 Å². The van der Waals surface area contributed by atoms with E-state index in [4.69, 9.17) is 4.74 Å². The van der Waals surface area contributed by atoms with E-state index in [0.717, 1.165) is 16.3 Å². The van der Waals surface area contributed by atoms with Gasteiger partial charge in [0.05, 0.1) is 17.7 Å². The number of methoxy groups -OCH3 is 1. The maximum absolute atomic E-state index is 13.3. The van der Waals surface area contributed by atoms with E-state index in [1.807, 2.05) is 39.8 Å². The molecule has 0 aliphatic carbocycles. The van der Waals surface area contributed by atoms with E-state index in [1.54, 1.807) is 24.3 Å². The summed E-state index contributed by atoms with van der Waals surface area (Å²) in [5.41, 5.74) is 1.02. The quantitative estimate of drug-likeness (QED) is 0.731. The third-order valence-electron chi connectivity index (χ3n) is 4.62. The molecule has 0 bridgehead atoms. The van der Waals surface area contributed by atoms with Crippen molar-refractivity contribution in [3.8, 4) is 5.75 Å². The third kappa shape index (κ3) is 5.25. The normalized spacial score (nSPS) is 11.8. The SMILES string of the molecule is CCC(C)(C)NC(=O)CN(c1ccc(C)cc1)S(=O)(=O)c1ccc(OC)cc1. The highest BCUT2D eigenvalue weighted by molar-refractivity contribution is 7.92. The zero-order chi connectivity index (χ0) is 20.9. The van der Waals surface area contributed by atoms with E-state index in [0.29, 0.717) is 11.4 Å². The van der Waals surface area contributed by atoms with Crippen LogP contribution in [-0.4, -0.2) is 33.5 Å². The Kier molecular flexibility index (Phi) is 6.72. The van der Waals surface area contributed by atoms with Gasteiger partial charge in [-0.1, -0.05) is 24.6 Å². The second kappa shape index (κ2) is 8.65. The minimum atomic E-state index is -3.93. The van der Waals surface area contributed by atoms with Crippen LogP contribution in [0.15, 0.2) is 53.4 Å². The molecule has 0 saturated heterocycles. The van der Waals surface area contributed by atoms with Crippen LogP contribution in [0.5, 0.6) is 5.75 Å². The Bertz CT molecular complexity index is 904. The van der Waals surface area contributed by atoms with Crippen molar-refractivity contribution < 1.29 is 17.9 Å². The van der Waals surface area contributed by atoms with E-state index in [-0.39, 0.29) is 17.3 Å². The lowest BCUT2D eigenvalue weighted by Crippen LogP contribution is -2.48. The minimum Gasteiger partial charge on any atom is -0.497 e. The first-order valence-corrected chi connectivity index (χ1v) is 10.6. The Morgan fingerprint density at radius 1 is 1.07 bits per heavy atom. The molecule has 152 valence electrons. The van der Waals surface area contributed by atoms with Gasteiger partial charge in [0.15, 0.2) is 0 Å². The summed E-state index contributed by atoms with van der Waals surface area (Å²) in [6, 6.07) is 13.2. The first kappa shape index (κ1) is 21.8. The Morgan fingerprint density at radius 2 is 1.64 bits per heavy atom.